The molecule has 0 aliphatic carbocycles. The van der Waals surface area contributed by atoms with Gasteiger partial charge in [0, 0.05) is 17.3 Å². The van der Waals surface area contributed by atoms with Crippen molar-refractivity contribution in [2.24, 2.45) is 0 Å². The number of halogens is 2. The van der Waals surface area contributed by atoms with Crippen molar-refractivity contribution in [3.63, 3.8) is 0 Å². The number of nitrogens with zero attached hydrogens (tertiary/aromatic N) is 1. The predicted octanol–water partition coefficient (Wildman–Crippen LogP) is 3.28. The third kappa shape index (κ3) is 3.12. The molecule has 0 amide bonds. The molecule has 1 aromatic carbocycles. The van der Waals surface area contributed by atoms with Crippen LogP contribution >= 0.6 is 0 Å². The third-order valence-electron chi connectivity index (χ3n) is 2.50. The summed E-state index contributed by atoms with van der Waals surface area (Å²) in [5.74, 6) is 0. The Bertz CT molecular complexity index is 436. The number of anilines is 1. The van der Waals surface area contributed by atoms with Crippen LogP contribution in [0, 0.1) is 24.0 Å². The van der Waals surface area contributed by atoms with E-state index < -0.39 is 17.4 Å². The van der Waals surface area contributed by atoms with Crippen LogP contribution in [0.3, 0.4) is 0 Å². The van der Waals surface area contributed by atoms with Gasteiger partial charge in [-0.3, -0.25) is 10.1 Å². The van der Waals surface area contributed by atoms with E-state index >= 15 is 0 Å². The zero-order chi connectivity index (χ0) is 13.2. The summed E-state index contributed by atoms with van der Waals surface area (Å²) in [4.78, 5) is 10.2. The molecule has 0 aliphatic rings. The van der Waals surface area contributed by atoms with Gasteiger partial charge in [0.15, 0.2) is 0 Å². The van der Waals surface area contributed by atoms with E-state index in [1.54, 1.807) is 19.9 Å². The number of rotatable bonds is 4. The van der Waals surface area contributed by atoms with Crippen LogP contribution in [0.15, 0.2) is 12.1 Å². The van der Waals surface area contributed by atoms with Crippen LogP contribution in [0.25, 0.3) is 0 Å². The lowest BCUT2D eigenvalue weighted by atomic mass is 10.1. The van der Waals surface area contributed by atoms with Gasteiger partial charge in [0.05, 0.1) is 11.0 Å². The molecule has 4 nitrogen and oxygen atoms in total. The maximum Gasteiger partial charge on any atom is 0.274 e. The van der Waals surface area contributed by atoms with Crippen molar-refractivity contribution in [1.29, 1.82) is 0 Å². The average molecular weight is 244 g/mol. The molecule has 0 spiro atoms. The van der Waals surface area contributed by atoms with Crippen molar-refractivity contribution in [2.75, 3.05) is 5.32 Å². The van der Waals surface area contributed by atoms with Crippen LogP contribution in [0.1, 0.15) is 18.1 Å². The molecule has 17 heavy (non-hydrogen) atoms. The Labute approximate surface area is 97.8 Å². The van der Waals surface area contributed by atoms with E-state index in [-0.39, 0.29) is 5.69 Å². The lowest BCUT2D eigenvalue weighted by molar-refractivity contribution is -0.385. The summed E-state index contributed by atoms with van der Waals surface area (Å²) < 4.78 is 24.8. The highest BCUT2D eigenvalue weighted by Crippen LogP contribution is 2.27. The topological polar surface area (TPSA) is 55.2 Å². The first-order valence-electron chi connectivity index (χ1n) is 5.13. The van der Waals surface area contributed by atoms with Crippen molar-refractivity contribution in [2.45, 2.75) is 33.2 Å². The monoisotopic (exact) mass is 244 g/mol. The SMILES string of the molecule is Cc1cc(C)c([N+](=O)[O-])cc1NC(C)C(F)F. The Balaban J connectivity index is 3.08. The summed E-state index contributed by atoms with van der Waals surface area (Å²) in [6, 6.07) is 1.86. The molecule has 1 unspecified atom stereocenters. The minimum atomic E-state index is -2.52. The molecular formula is C11H14F2N2O2. The highest BCUT2D eigenvalue weighted by molar-refractivity contribution is 5.60. The lowest BCUT2D eigenvalue weighted by Gasteiger charge is -2.16. The molecule has 1 aromatic rings. The predicted molar refractivity (Wildman–Crippen MR) is 61.7 cm³/mol. The number of alkyl halides is 2. The van der Waals surface area contributed by atoms with Crippen molar-refractivity contribution >= 4 is 11.4 Å². The van der Waals surface area contributed by atoms with Gasteiger partial charge < -0.3 is 5.32 Å². The highest BCUT2D eigenvalue weighted by Gasteiger charge is 2.18. The highest BCUT2D eigenvalue weighted by atomic mass is 19.3. The van der Waals surface area contributed by atoms with Gasteiger partial charge in [-0.2, -0.15) is 0 Å². The zero-order valence-electron chi connectivity index (χ0n) is 9.83. The Morgan fingerprint density at radius 1 is 1.29 bits per heavy atom. The fourth-order valence-electron chi connectivity index (χ4n) is 1.50. The van der Waals surface area contributed by atoms with Crippen LogP contribution < -0.4 is 5.32 Å². The first-order valence-corrected chi connectivity index (χ1v) is 5.13. The Morgan fingerprint density at radius 3 is 2.35 bits per heavy atom. The van der Waals surface area contributed by atoms with E-state index in [2.05, 4.69) is 5.32 Å². The average Bonchev–Trinajstić information content (AvgIpc) is 2.21. The van der Waals surface area contributed by atoms with E-state index in [1.165, 1.54) is 13.0 Å². The molecule has 0 heterocycles. The first kappa shape index (κ1) is 13.3. The number of aryl methyl sites for hydroxylation is 2. The smallest absolute Gasteiger partial charge is 0.274 e. The van der Waals surface area contributed by atoms with Gasteiger partial charge in [-0.1, -0.05) is 0 Å². The first-order chi connectivity index (χ1) is 7.82. The summed E-state index contributed by atoms with van der Waals surface area (Å²) >= 11 is 0. The molecule has 0 aromatic heterocycles. The van der Waals surface area contributed by atoms with Crippen LogP contribution in [0.2, 0.25) is 0 Å². The second-order valence-electron chi connectivity index (χ2n) is 3.98. The van der Waals surface area contributed by atoms with Crippen molar-refractivity contribution in [3.05, 3.63) is 33.4 Å². The minimum Gasteiger partial charge on any atom is -0.376 e. The number of hydrogen-bond acceptors (Lipinski definition) is 3. The summed E-state index contributed by atoms with van der Waals surface area (Å²) in [6.07, 6.45) is -2.52. The molecule has 94 valence electrons. The number of hydrogen-bond donors (Lipinski definition) is 1. The summed E-state index contributed by atoms with van der Waals surface area (Å²) in [6.45, 7) is 4.67. The fourth-order valence-corrected chi connectivity index (χ4v) is 1.50. The second-order valence-corrected chi connectivity index (χ2v) is 3.98. The summed E-state index contributed by atoms with van der Waals surface area (Å²) in [5, 5.41) is 13.3. The van der Waals surface area contributed by atoms with Crippen molar-refractivity contribution in [3.8, 4) is 0 Å². The molecule has 6 heteroatoms. The van der Waals surface area contributed by atoms with Gasteiger partial charge >= 0.3 is 0 Å². The molecule has 0 aliphatic heterocycles. The van der Waals surface area contributed by atoms with Crippen LogP contribution in [-0.2, 0) is 0 Å². The second kappa shape index (κ2) is 5.07. The van der Waals surface area contributed by atoms with Gasteiger partial charge in [-0.05, 0) is 32.4 Å². The molecule has 0 saturated carbocycles. The normalized spacial score (nSPS) is 12.6. The molecule has 1 rings (SSSR count). The largest absolute Gasteiger partial charge is 0.376 e. The number of nitro groups is 1. The molecule has 0 bridgehead atoms. The number of nitro benzene ring substituents is 1. The maximum atomic E-state index is 12.4. The number of benzene rings is 1. The van der Waals surface area contributed by atoms with Gasteiger partial charge in [0.25, 0.3) is 12.1 Å². The molecule has 1 N–H and O–H groups in total. The van der Waals surface area contributed by atoms with Gasteiger partial charge in [0.2, 0.25) is 0 Å². The van der Waals surface area contributed by atoms with Crippen molar-refractivity contribution in [1.82, 2.24) is 0 Å². The minimum absolute atomic E-state index is 0.0698. The molecular weight excluding hydrogens is 230 g/mol. The van der Waals surface area contributed by atoms with Gasteiger partial charge in [0.1, 0.15) is 0 Å². The van der Waals surface area contributed by atoms with Crippen LogP contribution in [-0.4, -0.2) is 17.4 Å². The zero-order valence-corrected chi connectivity index (χ0v) is 9.83. The van der Waals surface area contributed by atoms with Gasteiger partial charge in [-0.25, -0.2) is 8.78 Å². The Morgan fingerprint density at radius 2 is 1.88 bits per heavy atom. The molecule has 1 atom stereocenters. The molecule has 0 radical (unpaired) electrons. The van der Waals surface area contributed by atoms with E-state index in [0.717, 1.165) is 0 Å². The maximum absolute atomic E-state index is 12.4. The number of nitrogens with one attached hydrogen (secondary N) is 1. The van der Waals surface area contributed by atoms with E-state index in [0.29, 0.717) is 16.8 Å². The van der Waals surface area contributed by atoms with E-state index in [9.17, 15) is 18.9 Å². The summed E-state index contributed by atoms with van der Waals surface area (Å²) in [7, 11) is 0. The Kier molecular flexibility index (Phi) is 3.98. The standard InChI is InChI=1S/C11H14F2N2O2/c1-6-4-7(2)10(15(16)17)5-9(6)14-8(3)11(12)13/h4-5,8,11,14H,1-3H3. The molecule has 0 fully saturated rings. The molecule has 0 saturated heterocycles. The third-order valence-corrected chi connectivity index (χ3v) is 2.50. The van der Waals surface area contributed by atoms with Crippen LogP contribution in [0.5, 0.6) is 0 Å². The van der Waals surface area contributed by atoms with Gasteiger partial charge in [-0.15, -0.1) is 0 Å². The van der Waals surface area contributed by atoms with Crippen LogP contribution in [0.4, 0.5) is 20.2 Å². The lowest BCUT2D eigenvalue weighted by Crippen LogP contribution is -2.24. The Hall–Kier alpha value is -1.72. The fraction of sp³-hybridized carbons (Fsp3) is 0.455. The summed E-state index contributed by atoms with van der Waals surface area (Å²) in [5.41, 5.74) is 1.53. The quantitative estimate of drug-likeness (QED) is 0.653. The van der Waals surface area contributed by atoms with E-state index in [4.69, 9.17) is 0 Å². The van der Waals surface area contributed by atoms with Crippen molar-refractivity contribution < 1.29 is 13.7 Å². The van der Waals surface area contributed by atoms with E-state index in [1.807, 2.05) is 0 Å².